The molecule has 2 atom stereocenters. The number of carbonyl (C=O) groups is 2. The molecule has 0 aromatic heterocycles. The number of nitriles is 1. The van der Waals surface area contributed by atoms with Crippen LogP contribution < -0.4 is 5.32 Å². The standard InChI is InChI=1S/C12H17N3O3/c1-11(2,3)18-10(17)15-6-8(5-13)4-12(15)7-14-9(12)16/h8H,4,6-7H2,1-3H3,(H,14,16)/t8-,12?/m0/s1. The van der Waals surface area contributed by atoms with Gasteiger partial charge in [-0.05, 0) is 27.2 Å². The minimum Gasteiger partial charge on any atom is -0.444 e. The Bertz CT molecular complexity index is 435. The molecule has 0 bridgehead atoms. The highest BCUT2D eigenvalue weighted by Gasteiger charge is 2.59. The van der Waals surface area contributed by atoms with Gasteiger partial charge in [0.05, 0.1) is 18.5 Å². The molecule has 98 valence electrons. The van der Waals surface area contributed by atoms with E-state index in [1.54, 1.807) is 20.8 Å². The quantitative estimate of drug-likeness (QED) is 0.640. The summed E-state index contributed by atoms with van der Waals surface area (Å²) in [6, 6.07) is 2.13. The van der Waals surface area contributed by atoms with Crippen molar-refractivity contribution in [3.63, 3.8) is 0 Å². The van der Waals surface area contributed by atoms with Crippen molar-refractivity contribution in [2.24, 2.45) is 5.92 Å². The molecule has 0 aliphatic carbocycles. The number of hydrogen-bond donors (Lipinski definition) is 1. The summed E-state index contributed by atoms with van der Waals surface area (Å²) in [5, 5.41) is 11.6. The lowest BCUT2D eigenvalue weighted by Crippen LogP contribution is -2.71. The van der Waals surface area contributed by atoms with E-state index >= 15 is 0 Å². The van der Waals surface area contributed by atoms with Gasteiger partial charge in [-0.25, -0.2) is 4.79 Å². The first-order chi connectivity index (χ1) is 8.28. The summed E-state index contributed by atoms with van der Waals surface area (Å²) in [6.07, 6.45) is -0.121. The summed E-state index contributed by atoms with van der Waals surface area (Å²) >= 11 is 0. The van der Waals surface area contributed by atoms with Crippen LogP contribution in [0.5, 0.6) is 0 Å². The minimum atomic E-state index is -0.858. The zero-order valence-electron chi connectivity index (χ0n) is 10.8. The first-order valence-corrected chi connectivity index (χ1v) is 5.97. The van der Waals surface area contributed by atoms with Crippen LogP contribution in [0.3, 0.4) is 0 Å². The summed E-state index contributed by atoms with van der Waals surface area (Å²) in [7, 11) is 0. The van der Waals surface area contributed by atoms with E-state index in [1.807, 2.05) is 0 Å². The maximum atomic E-state index is 12.1. The van der Waals surface area contributed by atoms with Crippen molar-refractivity contribution in [1.82, 2.24) is 10.2 Å². The molecular weight excluding hydrogens is 234 g/mol. The molecule has 1 spiro atoms. The Labute approximate surface area is 106 Å². The SMILES string of the molecule is CC(C)(C)OC(=O)N1C[C@H](C#N)CC12CNC2=O. The fourth-order valence-electron chi connectivity index (χ4n) is 2.38. The molecule has 1 unspecified atom stereocenters. The van der Waals surface area contributed by atoms with E-state index in [-0.39, 0.29) is 18.4 Å². The van der Waals surface area contributed by atoms with Crippen LogP contribution >= 0.6 is 0 Å². The largest absolute Gasteiger partial charge is 0.444 e. The van der Waals surface area contributed by atoms with E-state index in [4.69, 9.17) is 10.00 Å². The highest BCUT2D eigenvalue weighted by molar-refractivity contribution is 5.96. The second kappa shape index (κ2) is 3.87. The lowest BCUT2D eigenvalue weighted by atomic mass is 9.86. The molecule has 0 aromatic rings. The fraction of sp³-hybridized carbons (Fsp3) is 0.750. The molecule has 0 aromatic carbocycles. The minimum absolute atomic E-state index is 0.189. The number of rotatable bonds is 0. The normalized spacial score (nSPS) is 30.7. The van der Waals surface area contributed by atoms with Crippen molar-refractivity contribution < 1.29 is 14.3 Å². The Kier molecular flexibility index (Phi) is 2.73. The van der Waals surface area contributed by atoms with Crippen LogP contribution in [0.1, 0.15) is 27.2 Å². The van der Waals surface area contributed by atoms with Crippen LogP contribution in [0.2, 0.25) is 0 Å². The number of carbonyl (C=O) groups excluding carboxylic acids is 2. The zero-order valence-corrected chi connectivity index (χ0v) is 10.8. The number of ether oxygens (including phenoxy) is 1. The first kappa shape index (κ1) is 12.7. The second-order valence-electron chi connectivity index (χ2n) is 5.84. The van der Waals surface area contributed by atoms with Gasteiger partial charge in [0.2, 0.25) is 5.91 Å². The van der Waals surface area contributed by atoms with Gasteiger partial charge in [0.15, 0.2) is 0 Å². The molecule has 0 saturated carbocycles. The second-order valence-corrected chi connectivity index (χ2v) is 5.84. The molecule has 2 amide bonds. The van der Waals surface area contributed by atoms with E-state index in [2.05, 4.69) is 11.4 Å². The molecule has 0 radical (unpaired) electrons. The Morgan fingerprint density at radius 3 is 2.67 bits per heavy atom. The molecule has 2 aliphatic heterocycles. The summed E-state index contributed by atoms with van der Waals surface area (Å²) < 4.78 is 5.29. The molecule has 1 N–H and O–H groups in total. The van der Waals surface area contributed by atoms with Crippen LogP contribution in [0.15, 0.2) is 0 Å². The third kappa shape index (κ3) is 1.90. The lowest BCUT2D eigenvalue weighted by Gasteiger charge is -2.44. The van der Waals surface area contributed by atoms with E-state index in [0.29, 0.717) is 13.0 Å². The Hall–Kier alpha value is -1.77. The van der Waals surface area contributed by atoms with Gasteiger partial charge in [-0.1, -0.05) is 0 Å². The van der Waals surface area contributed by atoms with Gasteiger partial charge in [0, 0.05) is 6.54 Å². The predicted octanol–water partition coefficient (Wildman–Crippen LogP) is 0.636. The average Bonchev–Trinajstić information content (AvgIpc) is 2.66. The van der Waals surface area contributed by atoms with Crippen LogP contribution in [-0.2, 0) is 9.53 Å². The maximum Gasteiger partial charge on any atom is 0.411 e. The van der Waals surface area contributed by atoms with Crippen LogP contribution in [0, 0.1) is 17.2 Å². The monoisotopic (exact) mass is 251 g/mol. The summed E-state index contributed by atoms with van der Waals surface area (Å²) in [5.41, 5.74) is -1.47. The van der Waals surface area contributed by atoms with Gasteiger partial charge in [0.25, 0.3) is 0 Å². The maximum absolute atomic E-state index is 12.1. The third-order valence-corrected chi connectivity index (χ3v) is 3.26. The van der Waals surface area contributed by atoms with Crippen LogP contribution in [0.25, 0.3) is 0 Å². The van der Waals surface area contributed by atoms with Crippen molar-refractivity contribution >= 4 is 12.0 Å². The van der Waals surface area contributed by atoms with Gasteiger partial charge in [-0.15, -0.1) is 0 Å². The molecular formula is C12H17N3O3. The topological polar surface area (TPSA) is 82.4 Å². The van der Waals surface area contributed by atoms with Crippen molar-refractivity contribution in [1.29, 1.82) is 5.26 Å². The number of nitrogens with one attached hydrogen (secondary N) is 1. The van der Waals surface area contributed by atoms with E-state index in [1.165, 1.54) is 4.90 Å². The first-order valence-electron chi connectivity index (χ1n) is 5.97. The van der Waals surface area contributed by atoms with E-state index in [9.17, 15) is 9.59 Å². The van der Waals surface area contributed by atoms with Crippen LogP contribution in [0.4, 0.5) is 4.79 Å². The summed E-state index contributed by atoms with van der Waals surface area (Å²) in [4.78, 5) is 25.2. The smallest absolute Gasteiger partial charge is 0.411 e. The zero-order chi connectivity index (χ0) is 13.6. The molecule has 2 aliphatic rings. The van der Waals surface area contributed by atoms with Gasteiger partial charge in [-0.3, -0.25) is 9.69 Å². The third-order valence-electron chi connectivity index (χ3n) is 3.26. The average molecular weight is 251 g/mol. The molecule has 2 fully saturated rings. The van der Waals surface area contributed by atoms with E-state index < -0.39 is 17.2 Å². The summed E-state index contributed by atoms with van der Waals surface area (Å²) in [6.45, 7) is 5.99. The number of likely N-dealkylation sites (tertiary alicyclic amines) is 1. The number of amides is 2. The van der Waals surface area contributed by atoms with Crippen molar-refractivity contribution in [2.75, 3.05) is 13.1 Å². The molecule has 2 rings (SSSR count). The predicted molar refractivity (Wildman–Crippen MR) is 62.4 cm³/mol. The Morgan fingerprint density at radius 2 is 2.28 bits per heavy atom. The molecule has 18 heavy (non-hydrogen) atoms. The van der Waals surface area contributed by atoms with E-state index in [0.717, 1.165) is 0 Å². The molecule has 2 saturated heterocycles. The summed E-state index contributed by atoms with van der Waals surface area (Å²) in [5.74, 6) is -0.491. The number of hydrogen-bond acceptors (Lipinski definition) is 4. The van der Waals surface area contributed by atoms with Crippen LogP contribution in [-0.4, -0.2) is 41.1 Å². The van der Waals surface area contributed by atoms with Gasteiger partial charge in [0.1, 0.15) is 11.1 Å². The van der Waals surface area contributed by atoms with Gasteiger partial charge in [-0.2, -0.15) is 5.26 Å². The van der Waals surface area contributed by atoms with Crippen molar-refractivity contribution in [3.05, 3.63) is 0 Å². The van der Waals surface area contributed by atoms with Gasteiger partial charge < -0.3 is 10.1 Å². The van der Waals surface area contributed by atoms with Crippen molar-refractivity contribution in [2.45, 2.75) is 38.3 Å². The lowest BCUT2D eigenvalue weighted by molar-refractivity contribution is -0.140. The van der Waals surface area contributed by atoms with Crippen molar-refractivity contribution in [3.8, 4) is 6.07 Å². The fourth-order valence-corrected chi connectivity index (χ4v) is 2.38. The Morgan fingerprint density at radius 1 is 1.61 bits per heavy atom. The highest BCUT2D eigenvalue weighted by atomic mass is 16.6. The Balaban J connectivity index is 2.18. The molecule has 2 heterocycles. The molecule has 6 nitrogen and oxygen atoms in total. The number of β-lactam (4-membered cyclic amide) rings is 1. The highest BCUT2D eigenvalue weighted by Crippen LogP contribution is 2.37. The number of nitrogens with zero attached hydrogens (tertiary/aromatic N) is 2. The molecule has 6 heteroatoms. The van der Waals surface area contributed by atoms with Gasteiger partial charge >= 0.3 is 6.09 Å².